The van der Waals surface area contributed by atoms with Crippen molar-refractivity contribution in [2.75, 3.05) is 26.3 Å². The molecule has 0 aromatic heterocycles. The lowest BCUT2D eigenvalue weighted by molar-refractivity contribution is -0.137. The first-order chi connectivity index (χ1) is 14.6. The highest BCUT2D eigenvalue weighted by atomic mass is 35.5. The normalized spacial score (nSPS) is 13.7. The van der Waals surface area contributed by atoms with Crippen LogP contribution in [0.25, 0.3) is 0 Å². The molecule has 7 nitrogen and oxygen atoms in total. The average molecular weight is 479 g/mol. The molecule has 0 atom stereocenters. The van der Waals surface area contributed by atoms with Gasteiger partial charge in [0.15, 0.2) is 11.5 Å². The van der Waals surface area contributed by atoms with Crippen molar-refractivity contribution < 1.29 is 35.9 Å². The van der Waals surface area contributed by atoms with Crippen molar-refractivity contribution in [3.8, 4) is 11.5 Å². The van der Waals surface area contributed by atoms with E-state index in [1.165, 1.54) is 0 Å². The maximum Gasteiger partial charge on any atom is 0.416 e. The van der Waals surface area contributed by atoms with Crippen molar-refractivity contribution in [3.63, 3.8) is 0 Å². The number of alkyl halides is 3. The third-order valence-corrected chi connectivity index (χ3v) is 5.97. The molecule has 1 amide bonds. The number of sulfonamides is 1. The third-order valence-electron chi connectivity index (χ3n) is 4.29. The zero-order chi connectivity index (χ0) is 22.6. The minimum absolute atomic E-state index is 0.181. The van der Waals surface area contributed by atoms with E-state index >= 15 is 0 Å². The van der Waals surface area contributed by atoms with Gasteiger partial charge in [-0.05, 0) is 42.3 Å². The van der Waals surface area contributed by atoms with Crippen LogP contribution in [0.3, 0.4) is 0 Å². The summed E-state index contributed by atoms with van der Waals surface area (Å²) in [6.45, 7) is 0.356. The molecule has 0 bridgehead atoms. The number of ether oxygens (including phenoxy) is 2. The van der Waals surface area contributed by atoms with Gasteiger partial charge in [-0.25, -0.2) is 13.1 Å². The van der Waals surface area contributed by atoms with Gasteiger partial charge in [-0.1, -0.05) is 17.7 Å². The highest BCUT2D eigenvalue weighted by Gasteiger charge is 2.31. The van der Waals surface area contributed by atoms with Crippen LogP contribution >= 0.6 is 11.6 Å². The summed E-state index contributed by atoms with van der Waals surface area (Å²) in [6.07, 6.45) is -4.29. The summed E-state index contributed by atoms with van der Waals surface area (Å²) in [5, 5.41) is 2.91. The highest BCUT2D eigenvalue weighted by molar-refractivity contribution is 7.89. The number of nitrogens with one attached hydrogen (secondary N) is 2. The average Bonchev–Trinajstić information content (AvgIpc) is 2.72. The monoisotopic (exact) mass is 478 g/mol. The first-order valence-electron chi connectivity index (χ1n) is 9.08. The molecule has 0 unspecified atom stereocenters. The summed E-state index contributed by atoms with van der Waals surface area (Å²) in [6, 6.07) is 6.68. The number of halogens is 4. The van der Waals surface area contributed by atoms with Crippen LogP contribution in [0.5, 0.6) is 11.5 Å². The Hall–Kier alpha value is -2.50. The molecule has 2 aromatic carbocycles. The van der Waals surface area contributed by atoms with Gasteiger partial charge in [-0.3, -0.25) is 4.79 Å². The molecule has 2 N–H and O–H groups in total. The lowest BCUT2D eigenvalue weighted by atomic mass is 10.1. The second kappa shape index (κ2) is 9.33. The minimum atomic E-state index is -4.68. The van der Waals surface area contributed by atoms with E-state index in [2.05, 4.69) is 5.32 Å². The topological polar surface area (TPSA) is 93.7 Å². The summed E-state index contributed by atoms with van der Waals surface area (Å²) < 4.78 is 75.6. The van der Waals surface area contributed by atoms with Gasteiger partial charge in [0, 0.05) is 6.54 Å². The number of carbonyl (C=O) groups is 1. The van der Waals surface area contributed by atoms with E-state index < -0.39 is 39.1 Å². The van der Waals surface area contributed by atoms with Gasteiger partial charge in [0.25, 0.3) is 0 Å². The lowest BCUT2D eigenvalue weighted by Gasteiger charge is -2.20. The SMILES string of the molecule is O=C(CNS(=O)(=O)c1cccc(C(F)(F)F)c1)NCCc1cc(Cl)c2c(c1)OCCO2. The summed E-state index contributed by atoms with van der Waals surface area (Å²) in [5.41, 5.74) is -0.322. The smallest absolute Gasteiger partial charge is 0.416 e. The Morgan fingerprint density at radius 3 is 2.61 bits per heavy atom. The van der Waals surface area contributed by atoms with Crippen LogP contribution in [0.15, 0.2) is 41.3 Å². The Morgan fingerprint density at radius 1 is 1.13 bits per heavy atom. The zero-order valence-corrected chi connectivity index (χ0v) is 17.5. The van der Waals surface area contributed by atoms with Crippen molar-refractivity contribution in [2.45, 2.75) is 17.5 Å². The van der Waals surface area contributed by atoms with Crippen LogP contribution in [0.2, 0.25) is 5.02 Å². The molecule has 12 heteroatoms. The van der Waals surface area contributed by atoms with Crippen molar-refractivity contribution in [1.82, 2.24) is 10.0 Å². The van der Waals surface area contributed by atoms with E-state index in [9.17, 15) is 26.4 Å². The molecule has 31 heavy (non-hydrogen) atoms. The molecular weight excluding hydrogens is 461 g/mol. The maximum absolute atomic E-state index is 12.8. The first-order valence-corrected chi connectivity index (χ1v) is 10.9. The van der Waals surface area contributed by atoms with Crippen LogP contribution in [-0.2, 0) is 27.4 Å². The standard InChI is InChI=1S/C19H18ClF3N2O5S/c20-15-8-12(9-16-18(15)30-7-6-29-16)4-5-24-17(26)11-25-31(27,28)14-3-1-2-13(10-14)19(21,22)23/h1-3,8-10,25H,4-7,11H2,(H,24,26). The number of amides is 1. The van der Waals surface area contributed by atoms with Crippen LogP contribution in [-0.4, -0.2) is 40.6 Å². The Balaban J connectivity index is 1.52. The van der Waals surface area contributed by atoms with Crippen molar-refractivity contribution >= 4 is 27.5 Å². The molecule has 0 spiro atoms. The zero-order valence-electron chi connectivity index (χ0n) is 16.0. The van der Waals surface area contributed by atoms with Crippen LogP contribution in [0.4, 0.5) is 13.2 Å². The Morgan fingerprint density at radius 2 is 1.87 bits per heavy atom. The van der Waals surface area contributed by atoms with E-state index in [4.69, 9.17) is 21.1 Å². The Labute approximate surface area is 181 Å². The van der Waals surface area contributed by atoms with E-state index in [0.29, 0.717) is 42.2 Å². The van der Waals surface area contributed by atoms with Crippen molar-refractivity contribution in [1.29, 1.82) is 0 Å². The predicted octanol–water partition coefficient (Wildman–Crippen LogP) is 2.77. The fourth-order valence-electron chi connectivity index (χ4n) is 2.80. The van der Waals surface area contributed by atoms with Gasteiger partial charge < -0.3 is 14.8 Å². The molecule has 1 heterocycles. The van der Waals surface area contributed by atoms with Gasteiger partial charge in [0.2, 0.25) is 15.9 Å². The van der Waals surface area contributed by atoms with Crippen molar-refractivity contribution in [2.24, 2.45) is 0 Å². The van der Waals surface area contributed by atoms with E-state index in [1.54, 1.807) is 12.1 Å². The van der Waals surface area contributed by atoms with E-state index in [0.717, 1.165) is 23.8 Å². The second-order valence-corrected chi connectivity index (χ2v) is 8.73. The summed E-state index contributed by atoms with van der Waals surface area (Å²) in [5.74, 6) is 0.331. The molecule has 0 saturated heterocycles. The number of hydrogen-bond acceptors (Lipinski definition) is 5. The molecule has 3 rings (SSSR count). The minimum Gasteiger partial charge on any atom is -0.486 e. The first kappa shape index (κ1) is 23.2. The molecule has 2 aromatic rings. The molecule has 0 aliphatic carbocycles. The van der Waals surface area contributed by atoms with Crippen molar-refractivity contribution in [3.05, 3.63) is 52.5 Å². The second-order valence-electron chi connectivity index (χ2n) is 6.55. The summed E-state index contributed by atoms with van der Waals surface area (Å²) in [4.78, 5) is 11.4. The van der Waals surface area contributed by atoms with Crippen LogP contribution < -0.4 is 19.5 Å². The number of fused-ring (bicyclic) bond motifs is 1. The van der Waals surface area contributed by atoms with Gasteiger partial charge in [0.1, 0.15) is 13.2 Å². The predicted molar refractivity (Wildman–Crippen MR) is 106 cm³/mol. The molecular formula is C19H18ClF3N2O5S. The Kier molecular flexibility index (Phi) is 6.97. The molecule has 0 saturated carbocycles. The fraction of sp³-hybridized carbons (Fsp3) is 0.316. The van der Waals surface area contributed by atoms with E-state index in [1.807, 2.05) is 4.72 Å². The van der Waals surface area contributed by atoms with Gasteiger partial charge >= 0.3 is 6.18 Å². The molecule has 0 radical (unpaired) electrons. The molecule has 0 fully saturated rings. The number of hydrogen-bond donors (Lipinski definition) is 2. The lowest BCUT2D eigenvalue weighted by Crippen LogP contribution is -2.37. The van der Waals surface area contributed by atoms with Gasteiger partial charge in [-0.15, -0.1) is 0 Å². The maximum atomic E-state index is 12.8. The van der Waals surface area contributed by atoms with Crippen LogP contribution in [0.1, 0.15) is 11.1 Å². The number of benzene rings is 2. The Bertz CT molecular complexity index is 1080. The van der Waals surface area contributed by atoms with Crippen LogP contribution in [0, 0.1) is 0 Å². The summed E-state index contributed by atoms with van der Waals surface area (Å²) >= 11 is 6.15. The highest BCUT2D eigenvalue weighted by Crippen LogP contribution is 2.38. The molecule has 1 aliphatic rings. The molecule has 1 aliphatic heterocycles. The van der Waals surface area contributed by atoms with Gasteiger partial charge in [0.05, 0.1) is 22.0 Å². The van der Waals surface area contributed by atoms with E-state index in [-0.39, 0.29) is 6.54 Å². The molecule has 168 valence electrons. The largest absolute Gasteiger partial charge is 0.486 e. The number of rotatable bonds is 7. The third kappa shape index (κ3) is 6.02. The number of carbonyl (C=O) groups excluding carboxylic acids is 1. The summed E-state index contributed by atoms with van der Waals surface area (Å²) in [7, 11) is -4.29. The fourth-order valence-corrected chi connectivity index (χ4v) is 4.12. The van der Waals surface area contributed by atoms with Gasteiger partial charge in [-0.2, -0.15) is 13.2 Å². The quantitative estimate of drug-likeness (QED) is 0.638.